The molecule has 0 saturated carbocycles. The third kappa shape index (κ3) is 2.74. The van der Waals surface area contributed by atoms with Gasteiger partial charge in [0.15, 0.2) is 5.82 Å². The van der Waals surface area contributed by atoms with Gasteiger partial charge in [0.1, 0.15) is 18.7 Å². The summed E-state index contributed by atoms with van der Waals surface area (Å²) in [6.07, 6.45) is 2.59. The summed E-state index contributed by atoms with van der Waals surface area (Å²) < 4.78 is 3.70. The van der Waals surface area contributed by atoms with Crippen LogP contribution >= 0.6 is 0 Å². The zero-order valence-corrected chi connectivity index (χ0v) is 12.0. The predicted octanol–water partition coefficient (Wildman–Crippen LogP) is 1.21. The Bertz CT molecular complexity index is 547. The molecule has 7 nitrogen and oxygen atoms in total. The number of nitrogen functional groups attached to an aromatic ring is 1. The number of aryl methyl sites for hydroxylation is 1. The molecule has 0 aliphatic heterocycles. The number of anilines is 1. The van der Waals surface area contributed by atoms with E-state index in [1.807, 2.05) is 9.36 Å². The number of aromatic nitrogens is 6. The van der Waals surface area contributed by atoms with Crippen molar-refractivity contribution in [1.29, 1.82) is 0 Å². The van der Waals surface area contributed by atoms with Crippen molar-refractivity contribution >= 4 is 5.82 Å². The molecular formula is C12H21N7. The summed E-state index contributed by atoms with van der Waals surface area (Å²) >= 11 is 0. The maximum absolute atomic E-state index is 5.92. The van der Waals surface area contributed by atoms with Crippen molar-refractivity contribution in [3.05, 3.63) is 17.8 Å². The quantitative estimate of drug-likeness (QED) is 0.895. The number of nitrogens with zero attached hydrogens (tertiary/aromatic N) is 6. The monoisotopic (exact) mass is 263 g/mol. The fourth-order valence-electron chi connectivity index (χ4n) is 2.15. The van der Waals surface area contributed by atoms with E-state index in [0.29, 0.717) is 12.4 Å². The lowest BCUT2D eigenvalue weighted by Gasteiger charge is -2.20. The number of rotatable bonds is 4. The normalized spacial score (nSPS) is 12.0. The van der Waals surface area contributed by atoms with Crippen molar-refractivity contribution in [2.75, 3.05) is 5.73 Å². The highest BCUT2D eigenvalue weighted by Crippen LogP contribution is 2.26. The van der Waals surface area contributed by atoms with E-state index in [-0.39, 0.29) is 5.41 Å². The Hall–Kier alpha value is -1.92. The topological polar surface area (TPSA) is 87.4 Å². The third-order valence-electron chi connectivity index (χ3n) is 2.89. The molecule has 2 aromatic heterocycles. The Labute approximate surface area is 112 Å². The molecule has 0 atom stereocenters. The van der Waals surface area contributed by atoms with Gasteiger partial charge in [0.05, 0.1) is 5.69 Å². The summed E-state index contributed by atoms with van der Waals surface area (Å²) in [6, 6.07) is 0. The first-order valence-corrected chi connectivity index (χ1v) is 6.49. The molecule has 2 heterocycles. The zero-order chi connectivity index (χ0) is 14.0. The van der Waals surface area contributed by atoms with Crippen LogP contribution in [0.25, 0.3) is 0 Å². The largest absolute Gasteiger partial charge is 0.381 e. The minimum Gasteiger partial charge on any atom is -0.381 e. The zero-order valence-electron chi connectivity index (χ0n) is 12.0. The molecule has 0 aliphatic rings. The summed E-state index contributed by atoms with van der Waals surface area (Å²) in [5, 5.41) is 12.3. The fourth-order valence-corrected chi connectivity index (χ4v) is 2.15. The van der Waals surface area contributed by atoms with Gasteiger partial charge < -0.3 is 5.73 Å². The van der Waals surface area contributed by atoms with E-state index in [2.05, 4.69) is 48.1 Å². The Morgan fingerprint density at radius 2 is 2.00 bits per heavy atom. The minimum atomic E-state index is -0.108. The van der Waals surface area contributed by atoms with Gasteiger partial charge in [-0.25, -0.2) is 14.3 Å². The van der Waals surface area contributed by atoms with E-state index < -0.39 is 0 Å². The van der Waals surface area contributed by atoms with Crippen molar-refractivity contribution in [3.8, 4) is 0 Å². The van der Waals surface area contributed by atoms with Gasteiger partial charge in [-0.2, -0.15) is 5.10 Å². The standard InChI is InChI=1S/C12H21N7/c1-5-6-18-9(14-8-15-18)7-19-10(12(2,3)4)11(13)16-17-19/h8H,5-7,13H2,1-4H3. The Morgan fingerprint density at radius 3 is 2.63 bits per heavy atom. The van der Waals surface area contributed by atoms with Crippen LogP contribution in [0.4, 0.5) is 5.82 Å². The van der Waals surface area contributed by atoms with Crippen LogP contribution in [-0.2, 0) is 18.5 Å². The highest BCUT2D eigenvalue weighted by molar-refractivity contribution is 5.38. The molecule has 104 valence electrons. The summed E-state index contributed by atoms with van der Waals surface area (Å²) in [4.78, 5) is 4.28. The molecule has 2 rings (SSSR count). The van der Waals surface area contributed by atoms with E-state index in [0.717, 1.165) is 24.5 Å². The van der Waals surface area contributed by atoms with Gasteiger partial charge >= 0.3 is 0 Å². The molecule has 2 N–H and O–H groups in total. The van der Waals surface area contributed by atoms with E-state index >= 15 is 0 Å². The summed E-state index contributed by atoms with van der Waals surface area (Å²) in [7, 11) is 0. The summed E-state index contributed by atoms with van der Waals surface area (Å²) in [5.41, 5.74) is 6.74. The second-order valence-electron chi connectivity index (χ2n) is 5.63. The smallest absolute Gasteiger partial charge is 0.169 e. The number of nitrogens with two attached hydrogens (primary N) is 1. The number of hydrogen-bond donors (Lipinski definition) is 1. The molecule has 0 spiro atoms. The van der Waals surface area contributed by atoms with Crippen LogP contribution in [0.1, 0.15) is 45.6 Å². The molecule has 0 unspecified atom stereocenters. The molecule has 0 amide bonds. The average molecular weight is 263 g/mol. The van der Waals surface area contributed by atoms with Crippen molar-refractivity contribution in [3.63, 3.8) is 0 Å². The van der Waals surface area contributed by atoms with Gasteiger partial charge in [-0.05, 0) is 6.42 Å². The summed E-state index contributed by atoms with van der Waals surface area (Å²) in [5.74, 6) is 1.35. The van der Waals surface area contributed by atoms with Crippen LogP contribution in [-0.4, -0.2) is 29.8 Å². The molecule has 0 bridgehead atoms. The minimum absolute atomic E-state index is 0.108. The van der Waals surface area contributed by atoms with Crippen LogP contribution in [0.2, 0.25) is 0 Å². The maximum atomic E-state index is 5.92. The maximum Gasteiger partial charge on any atom is 0.169 e. The Balaban J connectivity index is 2.31. The van der Waals surface area contributed by atoms with Gasteiger partial charge in [-0.1, -0.05) is 32.9 Å². The van der Waals surface area contributed by atoms with E-state index in [1.54, 1.807) is 6.33 Å². The second kappa shape index (κ2) is 4.99. The number of hydrogen-bond acceptors (Lipinski definition) is 5. The lowest BCUT2D eigenvalue weighted by molar-refractivity contribution is 0.477. The van der Waals surface area contributed by atoms with Gasteiger partial charge in [0, 0.05) is 12.0 Å². The van der Waals surface area contributed by atoms with Gasteiger partial charge in [-0.3, -0.25) is 0 Å². The molecule has 0 aliphatic carbocycles. The second-order valence-corrected chi connectivity index (χ2v) is 5.63. The van der Waals surface area contributed by atoms with Crippen molar-refractivity contribution in [2.45, 2.75) is 52.6 Å². The first-order chi connectivity index (χ1) is 8.93. The molecule has 2 aromatic rings. The Kier molecular flexibility index (Phi) is 3.55. The van der Waals surface area contributed by atoms with E-state index in [1.165, 1.54) is 0 Å². The lowest BCUT2D eigenvalue weighted by Crippen LogP contribution is -2.22. The van der Waals surface area contributed by atoms with Crippen LogP contribution in [0, 0.1) is 0 Å². The van der Waals surface area contributed by atoms with Crippen LogP contribution < -0.4 is 5.73 Å². The molecular weight excluding hydrogens is 242 g/mol. The Morgan fingerprint density at radius 1 is 1.26 bits per heavy atom. The average Bonchev–Trinajstić information content (AvgIpc) is 2.87. The highest BCUT2D eigenvalue weighted by Gasteiger charge is 2.24. The van der Waals surface area contributed by atoms with Crippen LogP contribution in [0.15, 0.2) is 6.33 Å². The molecule has 0 aromatic carbocycles. The van der Waals surface area contributed by atoms with Gasteiger partial charge in [0.25, 0.3) is 0 Å². The van der Waals surface area contributed by atoms with Gasteiger partial charge in [0.2, 0.25) is 0 Å². The third-order valence-corrected chi connectivity index (χ3v) is 2.89. The van der Waals surface area contributed by atoms with Crippen molar-refractivity contribution in [1.82, 2.24) is 29.8 Å². The van der Waals surface area contributed by atoms with Crippen molar-refractivity contribution in [2.24, 2.45) is 0 Å². The first-order valence-electron chi connectivity index (χ1n) is 6.49. The van der Waals surface area contributed by atoms with Crippen LogP contribution in [0.3, 0.4) is 0 Å². The SMILES string of the molecule is CCCn1ncnc1Cn1nnc(N)c1C(C)(C)C. The van der Waals surface area contributed by atoms with Crippen molar-refractivity contribution < 1.29 is 0 Å². The molecule has 19 heavy (non-hydrogen) atoms. The molecule has 7 heteroatoms. The van der Waals surface area contributed by atoms with Crippen LogP contribution in [0.5, 0.6) is 0 Å². The predicted molar refractivity (Wildman–Crippen MR) is 72.5 cm³/mol. The van der Waals surface area contributed by atoms with Gasteiger partial charge in [-0.15, -0.1) is 5.10 Å². The fraction of sp³-hybridized carbons (Fsp3) is 0.667. The molecule has 0 saturated heterocycles. The summed E-state index contributed by atoms with van der Waals surface area (Å²) in [6.45, 7) is 9.78. The van der Waals surface area contributed by atoms with E-state index in [9.17, 15) is 0 Å². The molecule has 0 radical (unpaired) electrons. The van der Waals surface area contributed by atoms with E-state index in [4.69, 9.17) is 5.73 Å². The first kappa shape index (κ1) is 13.5. The highest BCUT2D eigenvalue weighted by atomic mass is 15.5. The molecule has 0 fully saturated rings. The lowest BCUT2D eigenvalue weighted by atomic mass is 9.92.